The first kappa shape index (κ1) is 9.08. The van der Waals surface area contributed by atoms with Crippen LogP contribution in [0.5, 0.6) is 0 Å². The van der Waals surface area contributed by atoms with E-state index in [9.17, 15) is 4.79 Å². The summed E-state index contributed by atoms with van der Waals surface area (Å²) in [6.45, 7) is 3.81. The van der Waals surface area contributed by atoms with Crippen LogP contribution in [-0.4, -0.2) is 16.3 Å². The quantitative estimate of drug-likeness (QED) is 0.710. The number of carbonyl (C=O) groups is 1. The molecule has 0 saturated heterocycles. The zero-order chi connectivity index (χ0) is 10.1. The van der Waals surface area contributed by atoms with E-state index >= 15 is 0 Å². The summed E-state index contributed by atoms with van der Waals surface area (Å²) in [4.78, 5) is 19.5. The number of nitrogens with zero attached hydrogens (tertiary/aromatic N) is 2. The van der Waals surface area contributed by atoms with Gasteiger partial charge in [0.2, 0.25) is 5.89 Å². The van der Waals surface area contributed by atoms with E-state index in [0.29, 0.717) is 12.2 Å². The molecule has 0 saturated carbocycles. The van der Waals surface area contributed by atoms with Gasteiger partial charge in [0.05, 0.1) is 16.9 Å². The maximum atomic E-state index is 10.4. The summed E-state index contributed by atoms with van der Waals surface area (Å²) in [5, 5.41) is 0.961. The summed E-state index contributed by atoms with van der Waals surface area (Å²) < 4.78 is 5.20. The maximum Gasteiger partial charge on any atom is 0.238 e. The average molecular weight is 208 g/mol. The molecule has 0 aliphatic rings. The van der Waals surface area contributed by atoms with Crippen LogP contribution < -0.4 is 0 Å². The Morgan fingerprint density at radius 3 is 2.79 bits per heavy atom. The van der Waals surface area contributed by atoms with Gasteiger partial charge < -0.3 is 4.42 Å². The Bertz CT molecular complexity index is 473. The number of aryl methyl sites for hydroxylation is 2. The van der Waals surface area contributed by atoms with Crippen LogP contribution in [0, 0.1) is 13.8 Å². The van der Waals surface area contributed by atoms with Crippen molar-refractivity contribution < 1.29 is 9.21 Å². The van der Waals surface area contributed by atoms with Gasteiger partial charge in [0.1, 0.15) is 4.88 Å². The van der Waals surface area contributed by atoms with Crippen molar-refractivity contribution in [1.82, 2.24) is 9.97 Å². The van der Waals surface area contributed by atoms with Gasteiger partial charge in [-0.15, -0.1) is 11.3 Å². The smallest absolute Gasteiger partial charge is 0.238 e. The number of oxazole rings is 1. The molecule has 0 N–H and O–H groups in total. The van der Waals surface area contributed by atoms with Crippen LogP contribution in [0.1, 0.15) is 21.3 Å². The van der Waals surface area contributed by atoms with E-state index in [1.165, 1.54) is 17.5 Å². The highest BCUT2D eigenvalue weighted by atomic mass is 32.1. The van der Waals surface area contributed by atoms with Crippen LogP contribution in [0.4, 0.5) is 0 Å². The molecule has 5 heteroatoms. The molecule has 0 fully saturated rings. The van der Waals surface area contributed by atoms with E-state index in [0.717, 1.165) is 15.6 Å². The van der Waals surface area contributed by atoms with E-state index in [1.54, 1.807) is 0 Å². The third-order valence-electron chi connectivity index (χ3n) is 1.74. The van der Waals surface area contributed by atoms with Gasteiger partial charge in [0, 0.05) is 0 Å². The van der Waals surface area contributed by atoms with Crippen LogP contribution in [-0.2, 0) is 0 Å². The van der Waals surface area contributed by atoms with Gasteiger partial charge in [-0.1, -0.05) is 0 Å². The maximum absolute atomic E-state index is 10.4. The summed E-state index contributed by atoms with van der Waals surface area (Å²) in [6, 6.07) is 0. The molecule has 0 unspecified atom stereocenters. The van der Waals surface area contributed by atoms with Crippen molar-refractivity contribution in [2.75, 3.05) is 0 Å². The number of thiazole rings is 1. The van der Waals surface area contributed by atoms with Gasteiger partial charge >= 0.3 is 0 Å². The standard InChI is InChI=1S/C9H8N2O2S/c1-5-8(14-6(2)11-5)9-10-3-7(4-12)13-9/h3-4H,1-2H3. The molecule has 0 atom stereocenters. The summed E-state index contributed by atoms with van der Waals surface area (Å²) in [5.74, 6) is 0.709. The molecule has 72 valence electrons. The van der Waals surface area contributed by atoms with Gasteiger partial charge in [0.25, 0.3) is 0 Å². The molecular formula is C9H8N2O2S. The first-order valence-electron chi connectivity index (χ1n) is 4.06. The van der Waals surface area contributed by atoms with Crippen molar-refractivity contribution in [2.24, 2.45) is 0 Å². The molecule has 2 heterocycles. The Hall–Kier alpha value is -1.49. The Morgan fingerprint density at radius 2 is 2.29 bits per heavy atom. The molecule has 0 aromatic carbocycles. The highest BCUT2D eigenvalue weighted by Crippen LogP contribution is 2.28. The molecule has 0 bridgehead atoms. The van der Waals surface area contributed by atoms with Crippen LogP contribution in [0.15, 0.2) is 10.6 Å². The molecule has 0 aliphatic carbocycles. The minimum atomic E-state index is 0.241. The zero-order valence-corrected chi connectivity index (χ0v) is 8.59. The molecule has 0 amide bonds. The van der Waals surface area contributed by atoms with Crippen molar-refractivity contribution in [3.05, 3.63) is 22.7 Å². The summed E-state index contributed by atoms with van der Waals surface area (Å²) in [6.07, 6.45) is 2.05. The molecule has 2 rings (SSSR count). The van der Waals surface area contributed by atoms with Crippen molar-refractivity contribution in [1.29, 1.82) is 0 Å². The summed E-state index contributed by atoms with van der Waals surface area (Å²) >= 11 is 1.51. The number of carbonyl (C=O) groups excluding carboxylic acids is 1. The highest BCUT2D eigenvalue weighted by molar-refractivity contribution is 7.15. The second-order valence-corrected chi connectivity index (χ2v) is 4.04. The fourth-order valence-electron chi connectivity index (χ4n) is 1.18. The number of aldehydes is 1. The molecule has 2 aromatic rings. The van der Waals surface area contributed by atoms with Crippen LogP contribution in [0.2, 0.25) is 0 Å². The van der Waals surface area contributed by atoms with Gasteiger partial charge in [0.15, 0.2) is 12.0 Å². The number of hydrogen-bond donors (Lipinski definition) is 0. The number of aromatic nitrogens is 2. The Balaban J connectivity index is 2.48. The normalized spacial score (nSPS) is 10.4. The molecule has 4 nitrogen and oxygen atoms in total. The summed E-state index contributed by atoms with van der Waals surface area (Å²) in [5.41, 5.74) is 0.881. The van der Waals surface area contributed by atoms with Gasteiger partial charge in [-0.05, 0) is 13.8 Å². The highest BCUT2D eigenvalue weighted by Gasteiger charge is 2.12. The van der Waals surface area contributed by atoms with E-state index in [2.05, 4.69) is 9.97 Å². The minimum absolute atomic E-state index is 0.241. The predicted octanol–water partition coefficient (Wildman–Crippen LogP) is 2.23. The predicted molar refractivity (Wildman–Crippen MR) is 52.5 cm³/mol. The van der Waals surface area contributed by atoms with Crippen molar-refractivity contribution in [3.63, 3.8) is 0 Å². The minimum Gasteiger partial charge on any atom is -0.432 e. The molecular weight excluding hydrogens is 200 g/mol. The van der Waals surface area contributed by atoms with Crippen LogP contribution in [0.25, 0.3) is 10.8 Å². The third kappa shape index (κ3) is 1.46. The monoisotopic (exact) mass is 208 g/mol. The zero-order valence-electron chi connectivity index (χ0n) is 7.77. The number of hydrogen-bond acceptors (Lipinski definition) is 5. The third-order valence-corrected chi connectivity index (χ3v) is 2.80. The average Bonchev–Trinajstić information content (AvgIpc) is 2.71. The molecule has 0 radical (unpaired) electrons. The fourth-order valence-corrected chi connectivity index (χ4v) is 2.03. The molecule has 2 aromatic heterocycles. The Kier molecular flexibility index (Phi) is 2.17. The molecule has 0 spiro atoms. The van der Waals surface area contributed by atoms with Gasteiger partial charge in [-0.25, -0.2) is 9.97 Å². The van der Waals surface area contributed by atoms with E-state index in [4.69, 9.17) is 4.42 Å². The fraction of sp³-hybridized carbons (Fsp3) is 0.222. The topological polar surface area (TPSA) is 56.0 Å². The first-order valence-corrected chi connectivity index (χ1v) is 4.88. The Morgan fingerprint density at radius 1 is 1.50 bits per heavy atom. The molecule has 14 heavy (non-hydrogen) atoms. The van der Waals surface area contributed by atoms with Gasteiger partial charge in [-0.2, -0.15) is 0 Å². The van der Waals surface area contributed by atoms with E-state index < -0.39 is 0 Å². The second kappa shape index (κ2) is 3.34. The lowest BCUT2D eigenvalue weighted by atomic mass is 10.4. The largest absolute Gasteiger partial charge is 0.432 e. The summed E-state index contributed by atoms with van der Waals surface area (Å²) in [7, 11) is 0. The van der Waals surface area contributed by atoms with Crippen molar-refractivity contribution >= 4 is 17.6 Å². The molecule has 0 aliphatic heterocycles. The van der Waals surface area contributed by atoms with Crippen molar-refractivity contribution in [2.45, 2.75) is 13.8 Å². The van der Waals surface area contributed by atoms with E-state index in [-0.39, 0.29) is 5.76 Å². The lowest BCUT2D eigenvalue weighted by molar-refractivity contribution is 0.110. The lowest BCUT2D eigenvalue weighted by Crippen LogP contribution is -1.76. The van der Waals surface area contributed by atoms with Crippen molar-refractivity contribution in [3.8, 4) is 10.8 Å². The van der Waals surface area contributed by atoms with Crippen LogP contribution >= 0.6 is 11.3 Å². The van der Waals surface area contributed by atoms with Gasteiger partial charge in [-0.3, -0.25) is 4.79 Å². The Labute approximate surface area is 84.6 Å². The SMILES string of the molecule is Cc1nc(C)c(-c2ncc(C=O)o2)s1. The van der Waals surface area contributed by atoms with Crippen LogP contribution in [0.3, 0.4) is 0 Å². The lowest BCUT2D eigenvalue weighted by Gasteiger charge is -1.88. The second-order valence-electron chi connectivity index (χ2n) is 2.83. The van der Waals surface area contributed by atoms with E-state index in [1.807, 2.05) is 13.8 Å². The first-order chi connectivity index (χ1) is 6.70. The number of rotatable bonds is 2.